The number of carbonyl (C=O) groups excluding carboxylic acids is 2. The average molecular weight is 237 g/mol. The minimum absolute atomic E-state index is 0.0217. The summed E-state index contributed by atoms with van der Waals surface area (Å²) in [4.78, 5) is 26.0. The molecule has 3 rings (SSSR count). The molecule has 4 heteroatoms. The zero-order valence-electron chi connectivity index (χ0n) is 9.22. The molecule has 0 aromatic rings. The molecule has 3 nitrogen and oxygen atoms in total. The van der Waals surface area contributed by atoms with Crippen molar-refractivity contribution in [1.29, 1.82) is 0 Å². The molecule has 86 valence electrons. The Morgan fingerprint density at radius 1 is 1.50 bits per heavy atom. The van der Waals surface area contributed by atoms with Crippen molar-refractivity contribution in [3.05, 3.63) is 12.2 Å². The second-order valence-corrected chi connectivity index (χ2v) is 5.62. The highest BCUT2D eigenvalue weighted by molar-refractivity contribution is 7.80. The molecule has 0 radical (unpaired) electrons. The van der Waals surface area contributed by atoms with Crippen molar-refractivity contribution in [2.24, 2.45) is 23.2 Å². The Hall–Kier alpha value is -0.770. The first-order valence-electron chi connectivity index (χ1n) is 5.75. The molecule has 2 amide bonds. The van der Waals surface area contributed by atoms with Gasteiger partial charge in [0.15, 0.2) is 0 Å². The van der Waals surface area contributed by atoms with E-state index in [2.05, 4.69) is 24.8 Å². The maximum Gasteiger partial charge on any atom is 0.236 e. The Bertz CT molecular complexity index is 406. The van der Waals surface area contributed by atoms with Gasteiger partial charge in [0.1, 0.15) is 0 Å². The molecule has 0 spiro atoms. The van der Waals surface area contributed by atoms with E-state index in [0.29, 0.717) is 12.3 Å². The Balaban J connectivity index is 2.02. The molecule has 0 aromatic carbocycles. The quantitative estimate of drug-likeness (QED) is 0.444. The number of hydrogen-bond donors (Lipinski definition) is 1. The summed E-state index contributed by atoms with van der Waals surface area (Å²) < 4.78 is 0. The predicted octanol–water partition coefficient (Wildman–Crippen LogP) is 1.11. The van der Waals surface area contributed by atoms with Gasteiger partial charge in [0, 0.05) is 12.3 Å². The number of imide groups is 1. The summed E-state index contributed by atoms with van der Waals surface area (Å²) in [5.74, 6) is 1.05. The second-order valence-electron chi connectivity index (χ2n) is 5.17. The number of nitrogens with zero attached hydrogens (tertiary/aromatic N) is 1. The molecule has 0 aromatic heterocycles. The Kier molecular flexibility index (Phi) is 2.03. The molecule has 2 fully saturated rings. The summed E-state index contributed by atoms with van der Waals surface area (Å²) in [5.41, 5.74) is -0.459. The van der Waals surface area contributed by atoms with E-state index in [0.717, 1.165) is 6.42 Å². The van der Waals surface area contributed by atoms with E-state index in [9.17, 15) is 9.59 Å². The lowest BCUT2D eigenvalue weighted by molar-refractivity contribution is -0.141. The highest BCUT2D eigenvalue weighted by Crippen LogP contribution is 2.60. The standard InChI is InChI=1S/C12H15NO2S/c1-12-8-3-2-7(6-8)9(12)10(14)13(4-5-16)11(12)15/h2-3,7-9,16H,4-6H2,1H3. The molecular formula is C12H15NO2S. The molecule has 2 aliphatic carbocycles. The van der Waals surface area contributed by atoms with Crippen molar-refractivity contribution in [3.63, 3.8) is 0 Å². The lowest BCUT2D eigenvalue weighted by Crippen LogP contribution is -2.38. The number of hydrogen-bond acceptors (Lipinski definition) is 3. The highest BCUT2D eigenvalue weighted by atomic mass is 32.1. The van der Waals surface area contributed by atoms with Gasteiger partial charge in [-0.15, -0.1) is 0 Å². The van der Waals surface area contributed by atoms with Crippen LogP contribution < -0.4 is 0 Å². The van der Waals surface area contributed by atoms with E-state index >= 15 is 0 Å². The van der Waals surface area contributed by atoms with Gasteiger partial charge in [0.05, 0.1) is 11.3 Å². The molecule has 1 aliphatic heterocycles. The van der Waals surface area contributed by atoms with Gasteiger partial charge < -0.3 is 0 Å². The van der Waals surface area contributed by atoms with Gasteiger partial charge >= 0.3 is 0 Å². The van der Waals surface area contributed by atoms with Crippen LogP contribution in [0.3, 0.4) is 0 Å². The molecule has 4 unspecified atom stereocenters. The largest absolute Gasteiger partial charge is 0.281 e. The smallest absolute Gasteiger partial charge is 0.236 e. The third-order valence-corrected chi connectivity index (χ3v) is 4.72. The van der Waals surface area contributed by atoms with Gasteiger partial charge in [-0.1, -0.05) is 12.2 Å². The van der Waals surface area contributed by atoms with Crippen LogP contribution in [0.15, 0.2) is 12.2 Å². The number of fused-ring (bicyclic) bond motifs is 5. The monoisotopic (exact) mass is 237 g/mol. The molecule has 1 saturated carbocycles. The van der Waals surface area contributed by atoms with Crippen LogP contribution in [-0.4, -0.2) is 29.0 Å². The maximum absolute atomic E-state index is 12.3. The van der Waals surface area contributed by atoms with Crippen LogP contribution in [0.5, 0.6) is 0 Å². The van der Waals surface area contributed by atoms with Gasteiger partial charge in [-0.05, 0) is 25.2 Å². The number of carbonyl (C=O) groups is 2. The number of likely N-dealkylation sites (tertiary alicyclic amines) is 1. The summed E-state index contributed by atoms with van der Waals surface area (Å²) >= 11 is 4.11. The Morgan fingerprint density at radius 3 is 2.88 bits per heavy atom. The normalized spacial score (nSPS) is 44.6. The zero-order chi connectivity index (χ0) is 11.5. The molecule has 0 N–H and O–H groups in total. The van der Waals surface area contributed by atoms with Crippen molar-refractivity contribution in [2.45, 2.75) is 13.3 Å². The summed E-state index contributed by atoms with van der Waals surface area (Å²) in [6, 6.07) is 0. The number of allylic oxidation sites excluding steroid dienone is 2. The number of amides is 2. The molecular weight excluding hydrogens is 222 g/mol. The van der Waals surface area contributed by atoms with Crippen molar-refractivity contribution in [2.75, 3.05) is 12.3 Å². The van der Waals surface area contributed by atoms with Crippen LogP contribution in [-0.2, 0) is 9.59 Å². The third-order valence-electron chi connectivity index (χ3n) is 4.52. The fourth-order valence-corrected chi connectivity index (χ4v) is 3.90. The summed E-state index contributed by atoms with van der Waals surface area (Å²) in [6.45, 7) is 2.41. The number of rotatable bonds is 2. The van der Waals surface area contributed by atoms with Crippen molar-refractivity contribution >= 4 is 24.4 Å². The van der Waals surface area contributed by atoms with E-state index in [-0.39, 0.29) is 29.6 Å². The number of thiol groups is 1. The second kappa shape index (κ2) is 3.13. The SMILES string of the molecule is CC12C(=O)N(CCS)C(=O)C1C1C=CC2C1. The lowest BCUT2D eigenvalue weighted by atomic mass is 9.71. The minimum atomic E-state index is -0.459. The topological polar surface area (TPSA) is 37.4 Å². The summed E-state index contributed by atoms with van der Waals surface area (Å²) in [6.07, 6.45) is 5.22. The first kappa shape index (κ1) is 10.4. The van der Waals surface area contributed by atoms with E-state index in [4.69, 9.17) is 0 Å². The molecule has 2 bridgehead atoms. The van der Waals surface area contributed by atoms with Crippen LogP contribution in [0.4, 0.5) is 0 Å². The van der Waals surface area contributed by atoms with Crippen molar-refractivity contribution in [1.82, 2.24) is 4.90 Å². The van der Waals surface area contributed by atoms with Gasteiger partial charge in [-0.2, -0.15) is 12.6 Å². The first-order valence-corrected chi connectivity index (χ1v) is 6.39. The summed E-state index contributed by atoms with van der Waals surface area (Å²) in [7, 11) is 0. The van der Waals surface area contributed by atoms with E-state index in [1.165, 1.54) is 4.90 Å². The third kappa shape index (κ3) is 0.967. The zero-order valence-corrected chi connectivity index (χ0v) is 10.1. The molecule has 16 heavy (non-hydrogen) atoms. The van der Waals surface area contributed by atoms with Gasteiger partial charge in [0.2, 0.25) is 11.8 Å². The van der Waals surface area contributed by atoms with Crippen LogP contribution in [0.1, 0.15) is 13.3 Å². The summed E-state index contributed by atoms with van der Waals surface area (Å²) in [5, 5.41) is 0. The fourth-order valence-electron chi connectivity index (χ4n) is 3.70. The minimum Gasteiger partial charge on any atom is -0.281 e. The average Bonchev–Trinajstić information content (AvgIpc) is 2.87. The molecule has 3 aliphatic rings. The van der Waals surface area contributed by atoms with Gasteiger partial charge in [-0.3, -0.25) is 14.5 Å². The van der Waals surface area contributed by atoms with Crippen LogP contribution in [0, 0.1) is 23.2 Å². The Morgan fingerprint density at radius 2 is 2.25 bits per heavy atom. The van der Waals surface area contributed by atoms with E-state index < -0.39 is 5.41 Å². The molecule has 1 saturated heterocycles. The van der Waals surface area contributed by atoms with Gasteiger partial charge in [-0.25, -0.2) is 0 Å². The van der Waals surface area contributed by atoms with Gasteiger partial charge in [0.25, 0.3) is 0 Å². The molecule has 4 atom stereocenters. The maximum atomic E-state index is 12.3. The van der Waals surface area contributed by atoms with Crippen LogP contribution >= 0.6 is 12.6 Å². The first-order chi connectivity index (χ1) is 7.60. The molecule has 1 heterocycles. The van der Waals surface area contributed by atoms with Crippen LogP contribution in [0.25, 0.3) is 0 Å². The van der Waals surface area contributed by atoms with E-state index in [1.54, 1.807) is 0 Å². The van der Waals surface area contributed by atoms with E-state index in [1.807, 2.05) is 6.92 Å². The lowest BCUT2D eigenvalue weighted by Gasteiger charge is -2.28. The highest BCUT2D eigenvalue weighted by Gasteiger charge is 2.66. The Labute approximate surface area is 100 Å². The predicted molar refractivity (Wildman–Crippen MR) is 62.9 cm³/mol. The van der Waals surface area contributed by atoms with Crippen molar-refractivity contribution < 1.29 is 9.59 Å². The van der Waals surface area contributed by atoms with Crippen LogP contribution in [0.2, 0.25) is 0 Å². The fraction of sp³-hybridized carbons (Fsp3) is 0.667. The van der Waals surface area contributed by atoms with Crippen molar-refractivity contribution in [3.8, 4) is 0 Å².